The summed E-state index contributed by atoms with van der Waals surface area (Å²) in [6, 6.07) is 6.16. The summed E-state index contributed by atoms with van der Waals surface area (Å²) in [4.78, 5) is 20.7. The van der Waals surface area contributed by atoms with Crippen LogP contribution in [0.5, 0.6) is 0 Å². The number of fused-ring (bicyclic) bond motifs is 1. The maximum atomic E-state index is 11.5. The Morgan fingerprint density at radius 1 is 1.50 bits per heavy atom. The minimum Gasteiger partial charge on any atom is -0.379 e. The first-order valence-corrected chi connectivity index (χ1v) is 6.79. The van der Waals surface area contributed by atoms with Gasteiger partial charge < -0.3 is 15.2 Å². The third kappa shape index (κ3) is 2.27. The number of amides is 1. The van der Waals surface area contributed by atoms with Gasteiger partial charge in [-0.2, -0.15) is 0 Å². The summed E-state index contributed by atoms with van der Waals surface area (Å²) in [5, 5.41) is 3.38. The Balaban J connectivity index is 1.74. The summed E-state index contributed by atoms with van der Waals surface area (Å²) in [6.07, 6.45) is 2.63. The number of aryl methyl sites for hydroxylation is 1. The Hall–Kier alpha value is -2.30. The average molecular weight is 270 g/mol. The van der Waals surface area contributed by atoms with Crippen molar-refractivity contribution in [2.24, 2.45) is 0 Å². The van der Waals surface area contributed by atoms with Crippen LogP contribution >= 0.6 is 0 Å². The highest BCUT2D eigenvalue weighted by atomic mass is 16.2. The first kappa shape index (κ1) is 12.7. The highest BCUT2D eigenvalue weighted by molar-refractivity contribution is 5.94. The van der Waals surface area contributed by atoms with Crippen LogP contribution in [0.2, 0.25) is 0 Å². The largest absolute Gasteiger partial charge is 0.379 e. The molecule has 2 aromatic rings. The van der Waals surface area contributed by atoms with Crippen LogP contribution in [-0.2, 0) is 17.8 Å². The van der Waals surface area contributed by atoms with Crippen LogP contribution < -0.4 is 10.2 Å². The number of nitrogens with zero attached hydrogens (tertiary/aromatic N) is 2. The van der Waals surface area contributed by atoms with Crippen LogP contribution in [0.25, 0.3) is 0 Å². The van der Waals surface area contributed by atoms with Crippen LogP contribution in [0.3, 0.4) is 0 Å². The molecule has 1 aromatic carbocycles. The number of hydrogen-bond donors (Lipinski definition) is 2. The SMILES string of the molecule is CC(=O)N1CCc2cc(NCc3nc[nH]c3C)ccc21. The van der Waals surface area contributed by atoms with Crippen molar-refractivity contribution in [3.63, 3.8) is 0 Å². The number of carbonyl (C=O) groups is 1. The summed E-state index contributed by atoms with van der Waals surface area (Å²) in [5.74, 6) is 0.108. The highest BCUT2D eigenvalue weighted by Gasteiger charge is 2.21. The maximum Gasteiger partial charge on any atom is 0.223 e. The molecule has 1 aromatic heterocycles. The Kier molecular flexibility index (Phi) is 3.18. The van der Waals surface area contributed by atoms with Crippen LogP contribution in [0.1, 0.15) is 23.9 Å². The molecule has 104 valence electrons. The van der Waals surface area contributed by atoms with Gasteiger partial charge in [0.25, 0.3) is 0 Å². The Morgan fingerprint density at radius 3 is 3.05 bits per heavy atom. The molecule has 1 aliphatic heterocycles. The first-order valence-electron chi connectivity index (χ1n) is 6.79. The Morgan fingerprint density at radius 2 is 2.35 bits per heavy atom. The van der Waals surface area contributed by atoms with Gasteiger partial charge >= 0.3 is 0 Å². The predicted octanol–water partition coefficient (Wildman–Crippen LogP) is 2.24. The second kappa shape index (κ2) is 5.00. The monoisotopic (exact) mass is 270 g/mol. The van der Waals surface area contributed by atoms with Gasteiger partial charge in [0.2, 0.25) is 5.91 Å². The third-order valence-corrected chi connectivity index (χ3v) is 3.75. The number of carbonyl (C=O) groups excluding carboxylic acids is 1. The molecule has 2 N–H and O–H groups in total. The van der Waals surface area contributed by atoms with E-state index in [0.717, 1.165) is 35.7 Å². The molecule has 5 nitrogen and oxygen atoms in total. The summed E-state index contributed by atoms with van der Waals surface area (Å²) < 4.78 is 0. The Bertz CT molecular complexity index is 647. The molecule has 5 heteroatoms. The Labute approximate surface area is 118 Å². The van der Waals surface area contributed by atoms with Crippen molar-refractivity contribution in [1.29, 1.82) is 0 Å². The second-order valence-corrected chi connectivity index (χ2v) is 5.09. The van der Waals surface area contributed by atoms with E-state index in [4.69, 9.17) is 0 Å². The van der Waals surface area contributed by atoms with Gasteiger partial charge in [0.15, 0.2) is 0 Å². The molecule has 1 amide bonds. The fourth-order valence-corrected chi connectivity index (χ4v) is 2.59. The average Bonchev–Trinajstić information content (AvgIpc) is 3.02. The fourth-order valence-electron chi connectivity index (χ4n) is 2.59. The molecule has 1 aliphatic rings. The van der Waals surface area contributed by atoms with Gasteiger partial charge in [0.1, 0.15) is 0 Å². The summed E-state index contributed by atoms with van der Waals surface area (Å²) >= 11 is 0. The van der Waals surface area contributed by atoms with Crippen molar-refractivity contribution in [2.45, 2.75) is 26.8 Å². The first-order chi connectivity index (χ1) is 9.65. The number of benzene rings is 1. The van der Waals surface area contributed by atoms with Gasteiger partial charge in [-0.05, 0) is 37.1 Å². The van der Waals surface area contributed by atoms with Gasteiger partial charge in [0.05, 0.1) is 18.6 Å². The van der Waals surface area contributed by atoms with Crippen molar-refractivity contribution >= 4 is 17.3 Å². The molecule has 0 radical (unpaired) electrons. The molecule has 2 heterocycles. The molecule has 0 unspecified atom stereocenters. The van der Waals surface area contributed by atoms with E-state index in [9.17, 15) is 4.79 Å². The smallest absolute Gasteiger partial charge is 0.223 e. The van der Waals surface area contributed by atoms with Crippen molar-refractivity contribution in [1.82, 2.24) is 9.97 Å². The van der Waals surface area contributed by atoms with E-state index in [1.54, 1.807) is 13.3 Å². The molecular formula is C15H18N4O. The number of imidazole rings is 1. The highest BCUT2D eigenvalue weighted by Crippen LogP contribution is 2.30. The number of anilines is 2. The standard InChI is InChI=1S/C15H18N4O/c1-10-14(18-9-17-10)8-16-13-3-4-15-12(7-13)5-6-19(15)11(2)20/h3-4,7,9,16H,5-6,8H2,1-2H3,(H,17,18). The third-order valence-electron chi connectivity index (χ3n) is 3.75. The molecule has 0 atom stereocenters. The van der Waals surface area contributed by atoms with Crippen molar-refractivity contribution in [2.75, 3.05) is 16.8 Å². The molecule has 0 saturated carbocycles. The molecule has 0 aliphatic carbocycles. The summed E-state index contributed by atoms with van der Waals surface area (Å²) in [6.45, 7) is 5.11. The van der Waals surface area contributed by atoms with Crippen LogP contribution in [0.4, 0.5) is 11.4 Å². The number of nitrogens with one attached hydrogen (secondary N) is 2. The zero-order chi connectivity index (χ0) is 14.1. The van der Waals surface area contributed by atoms with E-state index in [1.807, 2.05) is 24.0 Å². The van der Waals surface area contributed by atoms with E-state index < -0.39 is 0 Å². The normalized spacial score (nSPS) is 13.4. The predicted molar refractivity (Wildman–Crippen MR) is 78.8 cm³/mol. The molecular weight excluding hydrogens is 252 g/mol. The second-order valence-electron chi connectivity index (χ2n) is 5.09. The van der Waals surface area contributed by atoms with E-state index in [2.05, 4.69) is 21.4 Å². The molecule has 0 saturated heterocycles. The summed E-state index contributed by atoms with van der Waals surface area (Å²) in [5.41, 5.74) is 5.44. The van der Waals surface area contributed by atoms with Gasteiger partial charge in [-0.25, -0.2) is 4.98 Å². The summed E-state index contributed by atoms with van der Waals surface area (Å²) in [7, 11) is 0. The number of hydrogen-bond acceptors (Lipinski definition) is 3. The lowest BCUT2D eigenvalue weighted by atomic mass is 10.1. The molecule has 0 fully saturated rings. The maximum absolute atomic E-state index is 11.5. The van der Waals surface area contributed by atoms with Gasteiger partial charge in [-0.15, -0.1) is 0 Å². The zero-order valence-corrected chi connectivity index (χ0v) is 11.7. The van der Waals surface area contributed by atoms with E-state index in [-0.39, 0.29) is 5.91 Å². The molecule has 0 spiro atoms. The van der Waals surface area contributed by atoms with E-state index in [1.165, 1.54) is 5.56 Å². The van der Waals surface area contributed by atoms with E-state index >= 15 is 0 Å². The lowest BCUT2D eigenvalue weighted by molar-refractivity contribution is -0.116. The number of aromatic amines is 1. The van der Waals surface area contributed by atoms with Crippen molar-refractivity contribution in [3.8, 4) is 0 Å². The molecule has 20 heavy (non-hydrogen) atoms. The van der Waals surface area contributed by atoms with Crippen LogP contribution in [0, 0.1) is 6.92 Å². The van der Waals surface area contributed by atoms with Gasteiger partial charge in [-0.3, -0.25) is 4.79 Å². The number of H-pyrrole nitrogens is 1. The molecule has 3 rings (SSSR count). The fraction of sp³-hybridized carbons (Fsp3) is 0.333. The van der Waals surface area contributed by atoms with Crippen LogP contribution in [-0.4, -0.2) is 22.4 Å². The van der Waals surface area contributed by atoms with Crippen molar-refractivity contribution < 1.29 is 4.79 Å². The number of rotatable bonds is 3. The van der Waals surface area contributed by atoms with E-state index in [0.29, 0.717) is 6.54 Å². The zero-order valence-electron chi connectivity index (χ0n) is 11.7. The minimum atomic E-state index is 0.108. The molecule has 0 bridgehead atoms. The van der Waals surface area contributed by atoms with Crippen molar-refractivity contribution in [3.05, 3.63) is 41.5 Å². The number of aromatic nitrogens is 2. The quantitative estimate of drug-likeness (QED) is 0.899. The lowest BCUT2D eigenvalue weighted by Gasteiger charge is -2.15. The van der Waals surface area contributed by atoms with Crippen LogP contribution in [0.15, 0.2) is 24.5 Å². The topological polar surface area (TPSA) is 61.0 Å². The minimum absolute atomic E-state index is 0.108. The van der Waals surface area contributed by atoms with Gasteiger partial charge in [-0.1, -0.05) is 0 Å². The van der Waals surface area contributed by atoms with Gasteiger partial charge in [0, 0.05) is 30.5 Å². The lowest BCUT2D eigenvalue weighted by Crippen LogP contribution is -2.25.